The maximum atomic E-state index is 12.3. The van der Waals surface area contributed by atoms with Crippen LogP contribution in [0.1, 0.15) is 400 Å². The fourth-order valence-corrected chi connectivity index (χ4v) is 10.7. The van der Waals surface area contributed by atoms with Gasteiger partial charge in [0.2, 0.25) is 0 Å². The first-order chi connectivity index (χ1) is 37.2. The molecule has 0 aliphatic rings. The second-order valence-electron chi connectivity index (χ2n) is 23.4. The third-order valence-electron chi connectivity index (χ3n) is 15.6. The standard InChI is InChI=1S/2C34H66O4.Ca/c2*1-3-5-6-7-8-9-10-11-15-18-21-24-27-31-34(37)38-32(28-4-2)29-25-22-19-16-13-12-14-17-20-23-26-30-33(35)36;/h2*32H,3-31H2,1-2H3,(H,35,36);/q;;+2/p-2. The zero-order valence-electron chi connectivity index (χ0n) is 52.1. The number of carbonyl (C=O) groups excluding carboxylic acids is 4. The first-order valence-electron chi connectivity index (χ1n) is 34.0. The molecule has 77 heavy (non-hydrogen) atoms. The number of carbonyl (C=O) groups is 4. The van der Waals surface area contributed by atoms with Gasteiger partial charge in [0.05, 0.1) is 0 Å². The van der Waals surface area contributed by atoms with E-state index in [0.29, 0.717) is 12.8 Å². The minimum Gasteiger partial charge on any atom is -0.550 e. The van der Waals surface area contributed by atoms with Crippen LogP contribution in [0.25, 0.3) is 0 Å². The van der Waals surface area contributed by atoms with E-state index >= 15 is 0 Å². The third-order valence-corrected chi connectivity index (χ3v) is 15.6. The van der Waals surface area contributed by atoms with Gasteiger partial charge in [-0.15, -0.1) is 0 Å². The number of carboxylic acid groups (broad SMARTS) is 2. The molecule has 0 aromatic carbocycles. The van der Waals surface area contributed by atoms with Gasteiger partial charge in [0.25, 0.3) is 0 Å². The van der Waals surface area contributed by atoms with Crippen LogP contribution in [0.2, 0.25) is 0 Å². The minimum atomic E-state index is -0.922. The first-order valence-corrected chi connectivity index (χ1v) is 34.0. The quantitative estimate of drug-likeness (QED) is 0.0334. The fraction of sp³-hybridized carbons (Fsp3) is 0.941. The van der Waals surface area contributed by atoms with Crippen molar-refractivity contribution in [3.63, 3.8) is 0 Å². The van der Waals surface area contributed by atoms with Gasteiger partial charge < -0.3 is 29.3 Å². The molecule has 452 valence electrons. The molecule has 0 spiro atoms. The maximum absolute atomic E-state index is 12.3. The predicted molar refractivity (Wildman–Crippen MR) is 326 cm³/mol. The second-order valence-corrected chi connectivity index (χ2v) is 23.4. The molecule has 0 radical (unpaired) electrons. The van der Waals surface area contributed by atoms with Crippen molar-refractivity contribution in [1.82, 2.24) is 0 Å². The van der Waals surface area contributed by atoms with E-state index in [1.165, 1.54) is 231 Å². The van der Waals surface area contributed by atoms with Gasteiger partial charge >= 0.3 is 49.7 Å². The van der Waals surface area contributed by atoms with Gasteiger partial charge in [0.1, 0.15) is 12.2 Å². The number of carboxylic acids is 2. The Bertz CT molecular complexity index is 1110. The van der Waals surface area contributed by atoms with E-state index in [9.17, 15) is 29.4 Å². The largest absolute Gasteiger partial charge is 2.00 e. The van der Waals surface area contributed by atoms with E-state index in [1.807, 2.05) is 0 Å². The van der Waals surface area contributed by atoms with Gasteiger partial charge in [-0.2, -0.15) is 0 Å². The SMILES string of the molecule is CCCCCCCCCCCCCCCC(=O)OC(CCC)CCCCCCCCCCCCCC(=O)[O-].CCCCCCCCCCCCCCCC(=O)OC(CCC)CCCCCCCCCCCCCC(=O)[O-].[Ca+2]. The summed E-state index contributed by atoms with van der Waals surface area (Å²) in [5.41, 5.74) is 0. The number of esters is 2. The number of aliphatic carboxylic acids is 2. The van der Waals surface area contributed by atoms with Gasteiger partial charge in [-0.25, -0.2) is 0 Å². The van der Waals surface area contributed by atoms with E-state index in [0.717, 1.165) is 116 Å². The molecule has 0 bridgehead atoms. The Labute approximate surface area is 509 Å². The van der Waals surface area contributed by atoms with E-state index < -0.39 is 11.9 Å². The molecule has 0 aliphatic heterocycles. The summed E-state index contributed by atoms with van der Waals surface area (Å²) in [5, 5.41) is 20.8. The number of rotatable bonds is 62. The van der Waals surface area contributed by atoms with Crippen molar-refractivity contribution in [3.8, 4) is 0 Å². The molecule has 0 rings (SSSR count). The smallest absolute Gasteiger partial charge is 0.550 e. The van der Waals surface area contributed by atoms with Crippen molar-refractivity contribution in [2.75, 3.05) is 0 Å². The molecule has 0 N–H and O–H groups in total. The van der Waals surface area contributed by atoms with Gasteiger partial charge in [-0.3, -0.25) is 9.59 Å². The number of unbranched alkanes of at least 4 members (excludes halogenated alkanes) is 44. The minimum absolute atomic E-state index is 0. The van der Waals surface area contributed by atoms with Crippen molar-refractivity contribution in [1.29, 1.82) is 0 Å². The number of ether oxygens (including phenoxy) is 2. The fourth-order valence-electron chi connectivity index (χ4n) is 10.7. The Morgan fingerprint density at radius 2 is 0.429 bits per heavy atom. The molecule has 0 amide bonds. The summed E-state index contributed by atoms with van der Waals surface area (Å²) >= 11 is 0. The van der Waals surface area contributed by atoms with Crippen molar-refractivity contribution in [3.05, 3.63) is 0 Å². The molecule has 0 aromatic rings. The second kappa shape index (κ2) is 69.4. The summed E-state index contributed by atoms with van der Waals surface area (Å²) < 4.78 is 11.7. The molecule has 0 aromatic heterocycles. The van der Waals surface area contributed by atoms with Gasteiger partial charge in [-0.05, 0) is 77.0 Å². The van der Waals surface area contributed by atoms with Crippen LogP contribution in [0, 0.1) is 0 Å². The average molecular weight is 1120 g/mol. The molecular weight excluding hydrogens is 985 g/mol. The van der Waals surface area contributed by atoms with E-state index in [2.05, 4.69) is 27.7 Å². The maximum Gasteiger partial charge on any atom is 2.00 e. The molecule has 2 atom stereocenters. The molecule has 0 heterocycles. The van der Waals surface area contributed by atoms with Crippen LogP contribution in [0.3, 0.4) is 0 Å². The Morgan fingerprint density at radius 3 is 0.623 bits per heavy atom. The third kappa shape index (κ3) is 71.2. The Balaban J connectivity index is -0.00000140. The summed E-state index contributed by atoms with van der Waals surface area (Å²) in [6, 6.07) is 0. The first kappa shape index (κ1) is 80.4. The molecule has 9 heteroatoms. The van der Waals surface area contributed by atoms with Crippen molar-refractivity contribution in [2.45, 2.75) is 412 Å². The molecular formula is C68H130CaO8. The zero-order chi connectivity index (χ0) is 55.9. The molecule has 8 nitrogen and oxygen atoms in total. The molecule has 2 unspecified atom stereocenters. The average Bonchev–Trinajstić information content (AvgIpc) is 3.39. The molecule has 0 saturated carbocycles. The van der Waals surface area contributed by atoms with Crippen molar-refractivity contribution in [2.24, 2.45) is 0 Å². The number of hydrogen-bond acceptors (Lipinski definition) is 8. The van der Waals surface area contributed by atoms with Gasteiger partial charge in [-0.1, -0.05) is 310 Å². The monoisotopic (exact) mass is 1110 g/mol. The van der Waals surface area contributed by atoms with E-state index in [1.54, 1.807) is 0 Å². The van der Waals surface area contributed by atoms with E-state index in [-0.39, 0.29) is 74.7 Å². The normalized spacial score (nSPS) is 11.9. The molecule has 0 fully saturated rings. The van der Waals surface area contributed by atoms with Gasteiger partial charge in [0.15, 0.2) is 0 Å². The Hall–Kier alpha value is -0.860. The van der Waals surface area contributed by atoms with E-state index in [4.69, 9.17) is 9.47 Å². The predicted octanol–water partition coefficient (Wildman–Crippen LogP) is 19.6. The van der Waals surface area contributed by atoms with Gasteiger partial charge in [0, 0.05) is 24.8 Å². The Morgan fingerprint density at radius 1 is 0.247 bits per heavy atom. The summed E-state index contributed by atoms with van der Waals surface area (Å²) in [7, 11) is 0. The summed E-state index contributed by atoms with van der Waals surface area (Å²) in [4.78, 5) is 45.4. The van der Waals surface area contributed by atoms with Crippen LogP contribution in [0.4, 0.5) is 0 Å². The van der Waals surface area contributed by atoms with Crippen LogP contribution in [0.5, 0.6) is 0 Å². The topological polar surface area (TPSA) is 133 Å². The van der Waals surface area contributed by atoms with Crippen LogP contribution in [0.15, 0.2) is 0 Å². The van der Waals surface area contributed by atoms with Crippen LogP contribution in [-0.4, -0.2) is 73.8 Å². The summed E-state index contributed by atoms with van der Waals surface area (Å²) in [5.74, 6) is -1.80. The van der Waals surface area contributed by atoms with Crippen LogP contribution in [-0.2, 0) is 28.7 Å². The van der Waals surface area contributed by atoms with Crippen molar-refractivity contribution < 1.29 is 38.9 Å². The van der Waals surface area contributed by atoms with Crippen LogP contribution >= 0.6 is 0 Å². The summed E-state index contributed by atoms with van der Waals surface area (Å²) in [6.45, 7) is 8.91. The summed E-state index contributed by atoms with van der Waals surface area (Å²) in [6.07, 6.45) is 68.4. The zero-order valence-corrected chi connectivity index (χ0v) is 54.3. The molecule has 0 aliphatic carbocycles. The molecule has 0 saturated heterocycles. The Kier molecular flexibility index (Phi) is 72.4. The van der Waals surface area contributed by atoms with Crippen LogP contribution < -0.4 is 10.2 Å². The van der Waals surface area contributed by atoms with Crippen molar-refractivity contribution >= 4 is 61.6 Å². The number of hydrogen-bond donors (Lipinski definition) is 0.